The number of carbonyl (C=O) groups is 1. The summed E-state index contributed by atoms with van der Waals surface area (Å²) in [6, 6.07) is 5.80. The van der Waals surface area contributed by atoms with Crippen molar-refractivity contribution in [2.75, 3.05) is 14.1 Å². The van der Waals surface area contributed by atoms with E-state index in [9.17, 15) is 18.3 Å². The number of carboxylic acids is 1. The minimum atomic E-state index is -3.51. The SMILES string of the molecule is CN(C)S(=O)(=O)c1ccc(C(C)(O)CCC(=O)O)cc1. The zero-order chi connectivity index (χ0) is 15.6. The Balaban J connectivity index is 2.99. The van der Waals surface area contributed by atoms with Gasteiger partial charge in [0.1, 0.15) is 0 Å². The molecule has 0 aliphatic carbocycles. The fourth-order valence-electron chi connectivity index (χ4n) is 1.69. The number of benzene rings is 1. The maximum atomic E-state index is 11.9. The monoisotopic (exact) mass is 301 g/mol. The quantitative estimate of drug-likeness (QED) is 0.817. The van der Waals surface area contributed by atoms with Crippen LogP contribution in [0.4, 0.5) is 0 Å². The minimum absolute atomic E-state index is 0.0576. The van der Waals surface area contributed by atoms with E-state index in [4.69, 9.17) is 5.11 Å². The van der Waals surface area contributed by atoms with E-state index in [1.54, 1.807) is 0 Å². The third-order valence-electron chi connectivity index (χ3n) is 3.08. The number of aliphatic carboxylic acids is 1. The van der Waals surface area contributed by atoms with Gasteiger partial charge in [0.25, 0.3) is 0 Å². The molecule has 0 bridgehead atoms. The molecule has 0 heterocycles. The van der Waals surface area contributed by atoms with Gasteiger partial charge < -0.3 is 10.2 Å². The summed E-state index contributed by atoms with van der Waals surface area (Å²) in [5, 5.41) is 18.9. The molecule has 7 heteroatoms. The Labute approximate surface area is 118 Å². The molecular weight excluding hydrogens is 282 g/mol. The number of nitrogens with zero attached hydrogens (tertiary/aromatic N) is 1. The van der Waals surface area contributed by atoms with Crippen LogP contribution >= 0.6 is 0 Å². The standard InChI is InChI=1S/C13H19NO5S/c1-13(17,9-8-12(15)16)10-4-6-11(7-5-10)20(18,19)14(2)3/h4-7,17H,8-9H2,1-3H3,(H,15,16). The van der Waals surface area contributed by atoms with Crippen LogP contribution in [0.3, 0.4) is 0 Å². The first kappa shape index (κ1) is 16.6. The lowest BCUT2D eigenvalue weighted by Gasteiger charge is -2.23. The molecule has 0 spiro atoms. The van der Waals surface area contributed by atoms with Gasteiger partial charge in [0.15, 0.2) is 0 Å². The van der Waals surface area contributed by atoms with Crippen LogP contribution in [0.25, 0.3) is 0 Å². The molecule has 0 fully saturated rings. The molecule has 0 amide bonds. The van der Waals surface area contributed by atoms with Gasteiger partial charge in [-0.3, -0.25) is 4.79 Å². The highest BCUT2D eigenvalue weighted by Gasteiger charge is 2.25. The molecule has 0 saturated heterocycles. The van der Waals surface area contributed by atoms with Crippen molar-refractivity contribution >= 4 is 16.0 Å². The molecule has 0 radical (unpaired) electrons. The summed E-state index contributed by atoms with van der Waals surface area (Å²) in [6.07, 6.45) is -0.104. The van der Waals surface area contributed by atoms with Gasteiger partial charge >= 0.3 is 5.97 Å². The first-order chi connectivity index (χ1) is 9.07. The van der Waals surface area contributed by atoms with Crippen molar-refractivity contribution in [3.05, 3.63) is 29.8 Å². The molecule has 2 N–H and O–H groups in total. The van der Waals surface area contributed by atoms with Crippen LogP contribution in [0.5, 0.6) is 0 Å². The van der Waals surface area contributed by atoms with E-state index in [1.807, 2.05) is 0 Å². The van der Waals surface area contributed by atoms with Gasteiger partial charge in [0.2, 0.25) is 10.0 Å². The molecule has 1 aromatic rings. The minimum Gasteiger partial charge on any atom is -0.481 e. The van der Waals surface area contributed by atoms with Gasteiger partial charge in [-0.1, -0.05) is 12.1 Å². The summed E-state index contributed by atoms with van der Waals surface area (Å²) in [6.45, 7) is 1.51. The van der Waals surface area contributed by atoms with E-state index in [2.05, 4.69) is 0 Å². The second-order valence-corrected chi connectivity index (χ2v) is 7.13. The molecule has 112 valence electrons. The summed E-state index contributed by atoms with van der Waals surface area (Å²) >= 11 is 0. The average molecular weight is 301 g/mol. The summed E-state index contributed by atoms with van der Waals surface area (Å²) in [5.41, 5.74) is -0.824. The summed E-state index contributed by atoms with van der Waals surface area (Å²) in [4.78, 5) is 10.7. The van der Waals surface area contributed by atoms with E-state index in [1.165, 1.54) is 45.3 Å². The van der Waals surface area contributed by atoms with E-state index >= 15 is 0 Å². The van der Waals surface area contributed by atoms with Crippen molar-refractivity contribution in [3.63, 3.8) is 0 Å². The Morgan fingerprint density at radius 2 is 1.75 bits per heavy atom. The molecule has 1 atom stereocenters. The highest BCUT2D eigenvalue weighted by atomic mass is 32.2. The largest absolute Gasteiger partial charge is 0.481 e. The Hall–Kier alpha value is -1.44. The third kappa shape index (κ3) is 3.78. The summed E-state index contributed by atoms with van der Waals surface area (Å²) < 4.78 is 24.9. The maximum absolute atomic E-state index is 11.9. The van der Waals surface area contributed by atoms with Crippen molar-refractivity contribution in [2.24, 2.45) is 0 Å². The molecule has 0 aromatic heterocycles. The highest BCUT2D eigenvalue weighted by Crippen LogP contribution is 2.27. The lowest BCUT2D eigenvalue weighted by Crippen LogP contribution is -2.24. The number of rotatable bonds is 6. The molecule has 1 unspecified atom stereocenters. The van der Waals surface area contributed by atoms with Crippen LogP contribution in [0.2, 0.25) is 0 Å². The average Bonchev–Trinajstić information content (AvgIpc) is 2.36. The van der Waals surface area contributed by atoms with Crippen molar-refractivity contribution < 1.29 is 23.4 Å². The predicted octanol–water partition coefficient (Wildman–Crippen LogP) is 1.01. The smallest absolute Gasteiger partial charge is 0.303 e. The lowest BCUT2D eigenvalue weighted by atomic mass is 9.91. The summed E-state index contributed by atoms with van der Waals surface area (Å²) in [5.74, 6) is -0.989. The Kier molecular flexibility index (Phi) is 4.90. The van der Waals surface area contributed by atoms with Crippen LogP contribution < -0.4 is 0 Å². The van der Waals surface area contributed by atoms with Gasteiger partial charge in [-0.25, -0.2) is 12.7 Å². The predicted molar refractivity (Wildman–Crippen MR) is 73.8 cm³/mol. The van der Waals surface area contributed by atoms with Crippen LogP contribution in [0, 0.1) is 0 Å². The van der Waals surface area contributed by atoms with Crippen LogP contribution in [0.1, 0.15) is 25.3 Å². The van der Waals surface area contributed by atoms with Crippen molar-refractivity contribution in [2.45, 2.75) is 30.3 Å². The van der Waals surface area contributed by atoms with Crippen molar-refractivity contribution in [3.8, 4) is 0 Å². The van der Waals surface area contributed by atoms with Crippen molar-refractivity contribution in [1.29, 1.82) is 0 Å². The molecule has 20 heavy (non-hydrogen) atoms. The topological polar surface area (TPSA) is 94.9 Å². The Morgan fingerprint density at radius 1 is 1.25 bits per heavy atom. The molecule has 6 nitrogen and oxygen atoms in total. The van der Waals surface area contributed by atoms with E-state index in [0.29, 0.717) is 5.56 Å². The Morgan fingerprint density at radius 3 is 2.15 bits per heavy atom. The van der Waals surface area contributed by atoms with Crippen LogP contribution in [0.15, 0.2) is 29.2 Å². The molecule has 0 aliphatic rings. The fourth-order valence-corrected chi connectivity index (χ4v) is 2.59. The number of hydrogen-bond acceptors (Lipinski definition) is 4. The van der Waals surface area contributed by atoms with Gasteiger partial charge in [-0.2, -0.15) is 0 Å². The first-order valence-electron chi connectivity index (χ1n) is 6.04. The molecule has 1 aromatic carbocycles. The van der Waals surface area contributed by atoms with E-state index < -0.39 is 21.6 Å². The van der Waals surface area contributed by atoms with Gasteiger partial charge in [-0.05, 0) is 31.0 Å². The zero-order valence-corrected chi connectivity index (χ0v) is 12.5. The number of hydrogen-bond donors (Lipinski definition) is 2. The number of aliphatic hydroxyl groups is 1. The van der Waals surface area contributed by atoms with Crippen LogP contribution in [-0.4, -0.2) is 43.0 Å². The van der Waals surface area contributed by atoms with Crippen LogP contribution in [-0.2, 0) is 20.4 Å². The van der Waals surface area contributed by atoms with E-state index in [0.717, 1.165) is 4.31 Å². The fraction of sp³-hybridized carbons (Fsp3) is 0.462. The highest BCUT2D eigenvalue weighted by molar-refractivity contribution is 7.89. The zero-order valence-electron chi connectivity index (χ0n) is 11.7. The second kappa shape index (κ2) is 5.90. The second-order valence-electron chi connectivity index (χ2n) is 4.98. The van der Waals surface area contributed by atoms with Gasteiger partial charge in [-0.15, -0.1) is 0 Å². The maximum Gasteiger partial charge on any atom is 0.303 e. The normalized spacial score (nSPS) is 15.1. The molecular formula is C13H19NO5S. The first-order valence-corrected chi connectivity index (χ1v) is 7.48. The molecule has 0 saturated carbocycles. The Bertz CT molecular complexity index is 575. The summed E-state index contributed by atoms with van der Waals surface area (Å²) in [7, 11) is -0.634. The molecule has 1 rings (SSSR count). The molecule has 0 aliphatic heterocycles. The van der Waals surface area contributed by atoms with Gasteiger partial charge in [0, 0.05) is 20.5 Å². The third-order valence-corrected chi connectivity index (χ3v) is 4.91. The van der Waals surface area contributed by atoms with Crippen molar-refractivity contribution in [1.82, 2.24) is 4.31 Å². The number of carboxylic acid groups (broad SMARTS) is 1. The van der Waals surface area contributed by atoms with Gasteiger partial charge in [0.05, 0.1) is 10.5 Å². The van der Waals surface area contributed by atoms with E-state index in [-0.39, 0.29) is 17.7 Å². The lowest BCUT2D eigenvalue weighted by molar-refractivity contribution is -0.138. The number of sulfonamides is 1.